The first-order valence-corrected chi connectivity index (χ1v) is 10.5. The summed E-state index contributed by atoms with van der Waals surface area (Å²) in [6, 6.07) is 15.5. The number of carbonyl (C=O) groups is 2. The Morgan fingerprint density at radius 1 is 1.00 bits per heavy atom. The molecule has 0 spiro atoms. The number of amides is 2. The van der Waals surface area contributed by atoms with Crippen LogP contribution in [-0.2, 0) is 21.4 Å². The van der Waals surface area contributed by atoms with E-state index in [2.05, 4.69) is 5.32 Å². The van der Waals surface area contributed by atoms with Crippen molar-refractivity contribution in [2.75, 3.05) is 13.1 Å². The molecule has 1 aliphatic heterocycles. The van der Waals surface area contributed by atoms with E-state index in [1.807, 2.05) is 41.3 Å². The summed E-state index contributed by atoms with van der Waals surface area (Å²) in [6.07, 6.45) is 4.75. The number of rotatable bonds is 6. The third-order valence-corrected chi connectivity index (χ3v) is 6.32. The van der Waals surface area contributed by atoms with Gasteiger partial charge in [0.2, 0.25) is 11.8 Å². The first-order valence-electron chi connectivity index (χ1n) is 10.5. The van der Waals surface area contributed by atoms with E-state index in [4.69, 9.17) is 0 Å². The highest BCUT2D eigenvalue weighted by atomic mass is 19.1. The lowest BCUT2D eigenvalue weighted by molar-refractivity contribution is -0.138. The Balaban J connectivity index is 1.57. The van der Waals surface area contributed by atoms with Crippen LogP contribution in [0.3, 0.4) is 0 Å². The summed E-state index contributed by atoms with van der Waals surface area (Å²) in [5, 5.41) is 3.05. The third kappa shape index (κ3) is 4.04. The van der Waals surface area contributed by atoms with Crippen LogP contribution in [0.15, 0.2) is 54.6 Å². The lowest BCUT2D eigenvalue weighted by Crippen LogP contribution is -2.56. The Labute approximate surface area is 171 Å². The van der Waals surface area contributed by atoms with Crippen LogP contribution in [0.1, 0.15) is 43.2 Å². The Morgan fingerprint density at radius 3 is 2.34 bits per heavy atom. The van der Waals surface area contributed by atoms with Gasteiger partial charge in [0.25, 0.3) is 0 Å². The maximum Gasteiger partial charge on any atom is 0.245 e. The minimum Gasteiger partial charge on any atom is -0.343 e. The summed E-state index contributed by atoms with van der Waals surface area (Å²) >= 11 is 0. The molecule has 152 valence electrons. The molecule has 1 atom stereocenters. The second-order valence-corrected chi connectivity index (χ2v) is 8.19. The van der Waals surface area contributed by atoms with E-state index in [1.165, 1.54) is 12.1 Å². The summed E-state index contributed by atoms with van der Waals surface area (Å²) in [4.78, 5) is 28.4. The van der Waals surface area contributed by atoms with E-state index in [9.17, 15) is 14.0 Å². The van der Waals surface area contributed by atoms with E-state index in [0.717, 1.165) is 37.9 Å². The predicted molar refractivity (Wildman–Crippen MR) is 110 cm³/mol. The van der Waals surface area contributed by atoms with Gasteiger partial charge in [-0.15, -0.1) is 0 Å². The molecule has 0 radical (unpaired) electrons. The second-order valence-electron chi connectivity index (χ2n) is 8.19. The van der Waals surface area contributed by atoms with E-state index >= 15 is 0 Å². The number of nitrogens with one attached hydrogen (secondary N) is 1. The summed E-state index contributed by atoms with van der Waals surface area (Å²) in [7, 11) is 0. The van der Waals surface area contributed by atoms with Gasteiger partial charge in [-0.3, -0.25) is 9.59 Å². The number of hydrogen-bond acceptors (Lipinski definition) is 2. The summed E-state index contributed by atoms with van der Waals surface area (Å²) in [6.45, 7) is 1.49. The van der Waals surface area contributed by atoms with Crippen molar-refractivity contribution >= 4 is 11.8 Å². The molecule has 5 heteroatoms. The van der Waals surface area contributed by atoms with Crippen molar-refractivity contribution < 1.29 is 14.0 Å². The molecule has 2 fully saturated rings. The number of halogens is 1. The van der Waals surface area contributed by atoms with Crippen LogP contribution < -0.4 is 5.32 Å². The fourth-order valence-corrected chi connectivity index (χ4v) is 4.47. The average molecular weight is 394 g/mol. The van der Waals surface area contributed by atoms with Gasteiger partial charge in [0.1, 0.15) is 11.9 Å². The number of benzene rings is 2. The van der Waals surface area contributed by atoms with Gasteiger partial charge in [-0.2, -0.15) is 0 Å². The first kappa shape index (κ1) is 19.6. The number of hydrogen-bond donors (Lipinski definition) is 1. The number of carbonyl (C=O) groups excluding carboxylic acids is 2. The molecule has 0 bridgehead atoms. The lowest BCUT2D eigenvalue weighted by atomic mass is 9.63. The molecule has 29 heavy (non-hydrogen) atoms. The van der Waals surface area contributed by atoms with Crippen molar-refractivity contribution in [2.45, 2.75) is 50.0 Å². The minimum atomic E-state index is -0.734. The normalized spacial score (nSPS) is 18.7. The van der Waals surface area contributed by atoms with Crippen LogP contribution in [0.25, 0.3) is 0 Å². The van der Waals surface area contributed by atoms with Gasteiger partial charge >= 0.3 is 0 Å². The Kier molecular flexibility index (Phi) is 5.65. The highest BCUT2D eigenvalue weighted by Gasteiger charge is 2.47. The maximum absolute atomic E-state index is 13.8. The van der Waals surface area contributed by atoms with Crippen molar-refractivity contribution in [2.24, 2.45) is 0 Å². The van der Waals surface area contributed by atoms with E-state index in [1.54, 1.807) is 6.07 Å². The molecule has 1 N–H and O–H groups in total. The van der Waals surface area contributed by atoms with E-state index < -0.39 is 11.5 Å². The Hall–Kier alpha value is -2.69. The van der Waals surface area contributed by atoms with Crippen molar-refractivity contribution in [3.05, 3.63) is 71.5 Å². The lowest BCUT2D eigenvalue weighted by Gasteiger charge is -2.41. The summed E-state index contributed by atoms with van der Waals surface area (Å²) in [5.41, 5.74) is 0.981. The molecular formula is C24H27FN2O2. The zero-order valence-electron chi connectivity index (χ0n) is 16.6. The van der Waals surface area contributed by atoms with E-state index in [-0.39, 0.29) is 17.6 Å². The van der Waals surface area contributed by atoms with Crippen LogP contribution in [0, 0.1) is 5.82 Å². The monoisotopic (exact) mass is 394 g/mol. The zero-order valence-corrected chi connectivity index (χ0v) is 16.6. The fraction of sp³-hybridized carbons (Fsp3) is 0.417. The molecular weight excluding hydrogens is 367 g/mol. The van der Waals surface area contributed by atoms with Crippen molar-refractivity contribution in [3.8, 4) is 0 Å². The zero-order chi connectivity index (χ0) is 20.3. The second kappa shape index (κ2) is 8.36. The molecule has 1 saturated carbocycles. The predicted octanol–water partition coefficient (Wildman–Crippen LogP) is 3.60. The van der Waals surface area contributed by atoms with Crippen molar-refractivity contribution in [1.29, 1.82) is 0 Å². The van der Waals surface area contributed by atoms with Gasteiger partial charge in [0.05, 0.1) is 5.41 Å². The van der Waals surface area contributed by atoms with Gasteiger partial charge in [-0.05, 0) is 48.9 Å². The fourth-order valence-electron chi connectivity index (χ4n) is 4.47. The molecule has 2 aliphatic rings. The molecule has 1 heterocycles. The Morgan fingerprint density at radius 2 is 1.72 bits per heavy atom. The van der Waals surface area contributed by atoms with E-state index in [0.29, 0.717) is 24.8 Å². The summed E-state index contributed by atoms with van der Waals surface area (Å²) in [5.74, 6) is -0.521. The molecule has 4 rings (SSSR count). The average Bonchev–Trinajstić information content (AvgIpc) is 3.22. The third-order valence-electron chi connectivity index (χ3n) is 6.32. The minimum absolute atomic E-state index is 0.0200. The molecule has 2 aromatic carbocycles. The van der Waals surface area contributed by atoms with Crippen LogP contribution in [-0.4, -0.2) is 35.8 Å². The molecule has 0 aromatic heterocycles. The number of likely N-dealkylation sites (tertiary alicyclic amines) is 1. The summed E-state index contributed by atoms with van der Waals surface area (Å²) < 4.78 is 13.8. The molecule has 1 aliphatic carbocycles. The molecule has 2 amide bonds. The van der Waals surface area contributed by atoms with Gasteiger partial charge in [0, 0.05) is 19.5 Å². The smallest absolute Gasteiger partial charge is 0.245 e. The maximum atomic E-state index is 13.8. The Bertz CT molecular complexity index is 873. The van der Waals surface area contributed by atoms with Crippen LogP contribution in [0.4, 0.5) is 4.39 Å². The quantitative estimate of drug-likeness (QED) is 0.814. The van der Waals surface area contributed by atoms with Crippen LogP contribution in [0.2, 0.25) is 0 Å². The highest BCUT2D eigenvalue weighted by Crippen LogP contribution is 2.44. The topological polar surface area (TPSA) is 49.4 Å². The molecule has 2 aromatic rings. The molecule has 4 nitrogen and oxygen atoms in total. The first-order chi connectivity index (χ1) is 14.1. The molecule has 1 unspecified atom stereocenters. The molecule has 1 saturated heterocycles. The van der Waals surface area contributed by atoms with Gasteiger partial charge < -0.3 is 10.2 Å². The SMILES string of the molecule is O=C(C(Cc1ccccc1)NC(=O)C1(c2cccc(F)c2)CCC1)N1CCCC1. The highest BCUT2D eigenvalue weighted by molar-refractivity contribution is 5.94. The van der Waals surface area contributed by atoms with Gasteiger partial charge in [0.15, 0.2) is 0 Å². The van der Waals surface area contributed by atoms with Gasteiger partial charge in [-0.25, -0.2) is 4.39 Å². The largest absolute Gasteiger partial charge is 0.343 e. The van der Waals surface area contributed by atoms with Crippen LogP contribution in [0.5, 0.6) is 0 Å². The van der Waals surface area contributed by atoms with Crippen molar-refractivity contribution in [1.82, 2.24) is 10.2 Å². The van der Waals surface area contributed by atoms with Gasteiger partial charge in [-0.1, -0.05) is 48.9 Å². The van der Waals surface area contributed by atoms with Crippen LogP contribution >= 0.6 is 0 Å². The number of nitrogens with zero attached hydrogens (tertiary/aromatic N) is 1. The standard InChI is InChI=1S/C24H27FN2O2/c25-20-11-6-10-19(17-20)24(12-7-13-24)23(29)26-21(16-18-8-2-1-3-9-18)22(28)27-14-4-5-15-27/h1-3,6,8-11,17,21H,4-5,7,12-16H2,(H,26,29). The van der Waals surface area contributed by atoms with Crippen molar-refractivity contribution in [3.63, 3.8) is 0 Å².